The molecule has 0 aromatic carbocycles. The van der Waals surface area contributed by atoms with Crippen molar-refractivity contribution < 1.29 is 9.53 Å². The van der Waals surface area contributed by atoms with Gasteiger partial charge in [0.25, 0.3) is 0 Å². The minimum Gasteiger partial charge on any atom is -0.444 e. The fourth-order valence-electron chi connectivity index (χ4n) is 2.01. The van der Waals surface area contributed by atoms with E-state index in [-0.39, 0.29) is 6.09 Å². The topological polar surface area (TPSA) is 61.5 Å². The van der Waals surface area contributed by atoms with Crippen LogP contribution in [0.4, 0.5) is 10.6 Å². The molecule has 1 aromatic heterocycles. The van der Waals surface area contributed by atoms with Gasteiger partial charge in [-0.3, -0.25) is 5.10 Å². The Morgan fingerprint density at radius 1 is 1.24 bits per heavy atom. The second-order valence-corrected chi connectivity index (χ2v) is 5.86. The van der Waals surface area contributed by atoms with Crippen LogP contribution in [-0.4, -0.2) is 53.0 Å². The molecule has 6 heteroatoms. The van der Waals surface area contributed by atoms with Crippen LogP contribution in [0.3, 0.4) is 0 Å². The van der Waals surface area contributed by atoms with Crippen molar-refractivity contribution in [1.82, 2.24) is 15.1 Å². The number of aromatic amines is 1. The van der Waals surface area contributed by atoms with E-state index in [9.17, 15) is 4.79 Å². The maximum atomic E-state index is 11.9. The molecule has 1 amide bonds. The predicted molar refractivity (Wildman–Crippen MR) is 84.7 cm³/mol. The summed E-state index contributed by atoms with van der Waals surface area (Å²) in [5.41, 5.74) is 0.609. The third kappa shape index (κ3) is 5.28. The van der Waals surface area contributed by atoms with Crippen molar-refractivity contribution >= 4 is 11.9 Å². The smallest absolute Gasteiger partial charge is 0.410 e. The van der Waals surface area contributed by atoms with Gasteiger partial charge in [-0.15, -0.1) is 0 Å². The third-order valence-corrected chi connectivity index (χ3v) is 2.95. The molecule has 0 bridgehead atoms. The van der Waals surface area contributed by atoms with Crippen molar-refractivity contribution in [3.8, 4) is 0 Å². The van der Waals surface area contributed by atoms with Crippen molar-refractivity contribution in [3.05, 3.63) is 11.8 Å². The Hall–Kier alpha value is -1.72. The second-order valence-electron chi connectivity index (χ2n) is 5.86. The molecular formula is C15H28N4O2. The zero-order valence-electron chi connectivity index (χ0n) is 14.1. The summed E-state index contributed by atoms with van der Waals surface area (Å²) in [6.07, 6.45) is -0.231. The number of piperazine rings is 1. The highest BCUT2D eigenvalue weighted by molar-refractivity contribution is 5.68. The van der Waals surface area contributed by atoms with Crippen LogP contribution in [0.15, 0.2) is 6.07 Å². The second kappa shape index (κ2) is 7.33. The summed E-state index contributed by atoms with van der Waals surface area (Å²) in [6.45, 7) is 14.5. The molecule has 0 spiro atoms. The van der Waals surface area contributed by atoms with Crippen LogP contribution in [0, 0.1) is 6.92 Å². The average molecular weight is 296 g/mol. The van der Waals surface area contributed by atoms with E-state index >= 15 is 0 Å². The van der Waals surface area contributed by atoms with Crippen molar-refractivity contribution in [3.63, 3.8) is 0 Å². The number of nitrogens with zero attached hydrogens (tertiary/aromatic N) is 3. The average Bonchev–Trinajstić information content (AvgIpc) is 2.86. The SMILES string of the molecule is CC.Cc1cc(N2CCN(C(=O)OC(C)(C)C)CC2)n[nH]1. The molecule has 2 rings (SSSR count). The van der Waals surface area contributed by atoms with Crippen LogP contribution in [0.25, 0.3) is 0 Å². The minimum absolute atomic E-state index is 0.231. The number of anilines is 1. The molecule has 0 aliphatic carbocycles. The number of hydrogen-bond donors (Lipinski definition) is 1. The fraction of sp³-hybridized carbons (Fsp3) is 0.733. The Kier molecular flexibility index (Phi) is 6.05. The molecule has 0 atom stereocenters. The molecule has 21 heavy (non-hydrogen) atoms. The molecule has 0 saturated carbocycles. The van der Waals surface area contributed by atoms with Gasteiger partial charge in [0, 0.05) is 37.9 Å². The first-order chi connectivity index (χ1) is 9.85. The first kappa shape index (κ1) is 17.3. The lowest BCUT2D eigenvalue weighted by Crippen LogP contribution is -2.50. The number of aryl methyl sites for hydroxylation is 1. The summed E-state index contributed by atoms with van der Waals surface area (Å²) in [4.78, 5) is 15.8. The van der Waals surface area contributed by atoms with Gasteiger partial charge >= 0.3 is 6.09 Å². The molecule has 1 aliphatic heterocycles. The van der Waals surface area contributed by atoms with Crippen molar-refractivity contribution in [2.24, 2.45) is 0 Å². The van der Waals surface area contributed by atoms with E-state index in [0.717, 1.165) is 24.6 Å². The lowest BCUT2D eigenvalue weighted by atomic mass is 10.2. The Bertz CT molecular complexity index is 443. The van der Waals surface area contributed by atoms with E-state index in [1.165, 1.54) is 0 Å². The highest BCUT2D eigenvalue weighted by Crippen LogP contribution is 2.16. The highest BCUT2D eigenvalue weighted by Gasteiger charge is 2.26. The number of carbonyl (C=O) groups is 1. The fourth-order valence-corrected chi connectivity index (χ4v) is 2.01. The van der Waals surface area contributed by atoms with Gasteiger partial charge < -0.3 is 14.5 Å². The monoisotopic (exact) mass is 296 g/mol. The number of carbonyl (C=O) groups excluding carboxylic acids is 1. The summed E-state index contributed by atoms with van der Waals surface area (Å²) in [6, 6.07) is 2.02. The summed E-state index contributed by atoms with van der Waals surface area (Å²) >= 11 is 0. The molecule has 0 radical (unpaired) electrons. The molecule has 1 aromatic rings. The van der Waals surface area contributed by atoms with E-state index in [1.807, 2.05) is 47.6 Å². The van der Waals surface area contributed by atoms with Crippen LogP contribution in [0.5, 0.6) is 0 Å². The normalized spacial score (nSPS) is 15.3. The first-order valence-electron chi connectivity index (χ1n) is 7.60. The molecule has 1 saturated heterocycles. The van der Waals surface area contributed by atoms with Crippen LogP contribution >= 0.6 is 0 Å². The Labute approximate surface area is 127 Å². The quantitative estimate of drug-likeness (QED) is 0.865. The molecule has 1 aliphatic rings. The molecule has 0 unspecified atom stereocenters. The maximum Gasteiger partial charge on any atom is 0.410 e. The number of ether oxygens (including phenoxy) is 1. The molecule has 1 fully saturated rings. The summed E-state index contributed by atoms with van der Waals surface area (Å²) < 4.78 is 5.37. The molecular weight excluding hydrogens is 268 g/mol. The number of hydrogen-bond acceptors (Lipinski definition) is 4. The maximum absolute atomic E-state index is 11.9. The van der Waals surface area contributed by atoms with Gasteiger partial charge in [0.05, 0.1) is 0 Å². The first-order valence-corrected chi connectivity index (χ1v) is 7.60. The lowest BCUT2D eigenvalue weighted by Gasteiger charge is -2.35. The lowest BCUT2D eigenvalue weighted by molar-refractivity contribution is 0.0240. The molecule has 1 N–H and O–H groups in total. The molecule has 120 valence electrons. The Balaban J connectivity index is 0.00000106. The van der Waals surface area contributed by atoms with E-state index in [1.54, 1.807) is 4.90 Å². The molecule has 6 nitrogen and oxygen atoms in total. The zero-order valence-corrected chi connectivity index (χ0v) is 14.1. The van der Waals surface area contributed by atoms with E-state index < -0.39 is 5.60 Å². The van der Waals surface area contributed by atoms with Crippen LogP contribution in [-0.2, 0) is 4.74 Å². The standard InChI is InChI=1S/C13H22N4O2.C2H6/c1-10-9-11(15-14-10)16-5-7-17(8-6-16)12(18)19-13(2,3)4;1-2/h9H,5-8H2,1-4H3,(H,14,15);1-2H3. The van der Waals surface area contributed by atoms with Gasteiger partial charge in [-0.05, 0) is 27.7 Å². The Morgan fingerprint density at radius 3 is 2.24 bits per heavy atom. The third-order valence-electron chi connectivity index (χ3n) is 2.95. The number of rotatable bonds is 1. The highest BCUT2D eigenvalue weighted by atomic mass is 16.6. The van der Waals surface area contributed by atoms with Gasteiger partial charge in [0.2, 0.25) is 0 Å². The number of H-pyrrole nitrogens is 1. The largest absolute Gasteiger partial charge is 0.444 e. The van der Waals surface area contributed by atoms with Gasteiger partial charge in [-0.2, -0.15) is 5.10 Å². The van der Waals surface area contributed by atoms with Crippen LogP contribution < -0.4 is 4.90 Å². The number of amides is 1. The van der Waals surface area contributed by atoms with Gasteiger partial charge in [0.15, 0.2) is 5.82 Å². The van der Waals surface area contributed by atoms with Gasteiger partial charge in [-0.1, -0.05) is 13.8 Å². The van der Waals surface area contributed by atoms with Crippen LogP contribution in [0.2, 0.25) is 0 Å². The minimum atomic E-state index is -0.437. The Morgan fingerprint density at radius 2 is 1.81 bits per heavy atom. The number of nitrogens with one attached hydrogen (secondary N) is 1. The van der Waals surface area contributed by atoms with Crippen molar-refractivity contribution in [1.29, 1.82) is 0 Å². The van der Waals surface area contributed by atoms with E-state index in [4.69, 9.17) is 4.74 Å². The van der Waals surface area contributed by atoms with Gasteiger partial charge in [0.1, 0.15) is 5.60 Å². The van der Waals surface area contributed by atoms with Crippen LogP contribution in [0.1, 0.15) is 40.3 Å². The molecule has 2 heterocycles. The van der Waals surface area contributed by atoms with Crippen molar-refractivity contribution in [2.45, 2.75) is 47.1 Å². The van der Waals surface area contributed by atoms with Crippen molar-refractivity contribution in [2.75, 3.05) is 31.1 Å². The number of aromatic nitrogens is 2. The summed E-state index contributed by atoms with van der Waals surface area (Å²) in [7, 11) is 0. The van der Waals surface area contributed by atoms with Gasteiger partial charge in [-0.25, -0.2) is 4.79 Å². The van der Waals surface area contributed by atoms with E-state index in [0.29, 0.717) is 13.1 Å². The van der Waals surface area contributed by atoms with E-state index in [2.05, 4.69) is 15.1 Å². The summed E-state index contributed by atoms with van der Waals surface area (Å²) in [5.74, 6) is 0.946. The summed E-state index contributed by atoms with van der Waals surface area (Å²) in [5, 5.41) is 7.17. The zero-order chi connectivity index (χ0) is 16.0. The predicted octanol–water partition coefficient (Wildman–Crippen LogP) is 2.80.